The first-order valence-electron chi connectivity index (χ1n) is 7.44. The quantitative estimate of drug-likeness (QED) is 0.918. The minimum Gasteiger partial charge on any atom is -0.338 e. The summed E-state index contributed by atoms with van der Waals surface area (Å²) < 4.78 is 12.9. The van der Waals surface area contributed by atoms with E-state index >= 15 is 0 Å². The smallest absolute Gasteiger partial charge is 0.253 e. The maximum absolute atomic E-state index is 12.9. The van der Waals surface area contributed by atoms with Gasteiger partial charge in [-0.25, -0.2) is 4.39 Å². The Balaban J connectivity index is 2.03. The third kappa shape index (κ3) is 3.37. The predicted octanol–water partition coefficient (Wildman–Crippen LogP) is 2.68. The fourth-order valence-corrected chi connectivity index (χ4v) is 2.94. The van der Waals surface area contributed by atoms with Crippen molar-refractivity contribution < 1.29 is 9.18 Å². The molecule has 1 aromatic carbocycles. The van der Waals surface area contributed by atoms with Crippen molar-refractivity contribution in [2.75, 3.05) is 19.6 Å². The lowest BCUT2D eigenvalue weighted by Crippen LogP contribution is -2.50. The summed E-state index contributed by atoms with van der Waals surface area (Å²) in [7, 11) is 0. The van der Waals surface area contributed by atoms with Crippen LogP contribution in [0.1, 0.15) is 37.0 Å². The third-order valence-corrected chi connectivity index (χ3v) is 4.10. The molecule has 2 rings (SSSR count). The monoisotopic (exact) mass is 278 g/mol. The highest BCUT2D eigenvalue weighted by Crippen LogP contribution is 2.22. The number of piperidine rings is 1. The standard InChI is InChI=1S/C16H23FN2O/c1-3-12-11-19(10-9-15(12)18-4-2)16(20)13-5-7-14(17)8-6-13/h5-8,12,15,18H,3-4,9-11H2,1-2H3. The van der Waals surface area contributed by atoms with Gasteiger partial charge in [-0.1, -0.05) is 20.3 Å². The summed E-state index contributed by atoms with van der Waals surface area (Å²) in [4.78, 5) is 14.3. The summed E-state index contributed by atoms with van der Waals surface area (Å²) in [6.07, 6.45) is 2.05. The van der Waals surface area contributed by atoms with E-state index in [2.05, 4.69) is 19.2 Å². The van der Waals surface area contributed by atoms with E-state index in [0.717, 1.165) is 32.5 Å². The zero-order chi connectivity index (χ0) is 14.5. The fourth-order valence-electron chi connectivity index (χ4n) is 2.94. The molecular weight excluding hydrogens is 255 g/mol. The highest BCUT2D eigenvalue weighted by Gasteiger charge is 2.30. The van der Waals surface area contributed by atoms with Gasteiger partial charge in [0.05, 0.1) is 0 Å². The number of carbonyl (C=O) groups is 1. The van der Waals surface area contributed by atoms with Crippen molar-refractivity contribution in [1.82, 2.24) is 10.2 Å². The number of carbonyl (C=O) groups excluding carboxylic acids is 1. The van der Waals surface area contributed by atoms with Gasteiger partial charge in [-0.3, -0.25) is 4.79 Å². The lowest BCUT2D eigenvalue weighted by molar-refractivity contribution is 0.0628. The molecule has 1 N–H and O–H groups in total. The van der Waals surface area contributed by atoms with Gasteiger partial charge in [-0.2, -0.15) is 0 Å². The van der Waals surface area contributed by atoms with Crippen LogP contribution in [0.15, 0.2) is 24.3 Å². The molecule has 0 radical (unpaired) electrons. The second kappa shape index (κ2) is 6.84. The SMILES string of the molecule is CCNC1CCN(C(=O)c2ccc(F)cc2)CC1CC. The number of nitrogens with one attached hydrogen (secondary N) is 1. The van der Waals surface area contributed by atoms with Crippen molar-refractivity contribution in [1.29, 1.82) is 0 Å². The Morgan fingerprint density at radius 3 is 2.65 bits per heavy atom. The number of likely N-dealkylation sites (tertiary alicyclic amines) is 1. The molecule has 0 aliphatic carbocycles. The summed E-state index contributed by atoms with van der Waals surface area (Å²) in [5, 5.41) is 3.50. The molecule has 1 fully saturated rings. The number of hydrogen-bond acceptors (Lipinski definition) is 2. The minimum atomic E-state index is -0.307. The number of hydrogen-bond donors (Lipinski definition) is 1. The van der Waals surface area contributed by atoms with Gasteiger partial charge in [0.1, 0.15) is 5.82 Å². The third-order valence-electron chi connectivity index (χ3n) is 4.10. The first kappa shape index (κ1) is 15.0. The van der Waals surface area contributed by atoms with Crippen LogP contribution in [0, 0.1) is 11.7 Å². The molecule has 3 nitrogen and oxygen atoms in total. The topological polar surface area (TPSA) is 32.3 Å². The molecule has 1 aliphatic heterocycles. The Bertz CT molecular complexity index is 446. The molecule has 0 spiro atoms. The highest BCUT2D eigenvalue weighted by molar-refractivity contribution is 5.94. The number of benzene rings is 1. The van der Waals surface area contributed by atoms with Crippen molar-refractivity contribution >= 4 is 5.91 Å². The number of halogens is 1. The molecule has 0 aromatic heterocycles. The second-order valence-corrected chi connectivity index (χ2v) is 5.38. The summed E-state index contributed by atoms with van der Waals surface area (Å²) >= 11 is 0. The number of nitrogens with zero attached hydrogens (tertiary/aromatic N) is 1. The van der Waals surface area contributed by atoms with Crippen molar-refractivity contribution in [2.24, 2.45) is 5.92 Å². The molecule has 0 bridgehead atoms. The largest absolute Gasteiger partial charge is 0.338 e. The highest BCUT2D eigenvalue weighted by atomic mass is 19.1. The van der Waals surface area contributed by atoms with Crippen molar-refractivity contribution in [2.45, 2.75) is 32.7 Å². The average molecular weight is 278 g/mol. The predicted molar refractivity (Wildman–Crippen MR) is 78.2 cm³/mol. The molecule has 110 valence electrons. The first-order chi connectivity index (χ1) is 9.65. The van der Waals surface area contributed by atoms with Crippen molar-refractivity contribution in [3.8, 4) is 0 Å². The van der Waals surface area contributed by atoms with Crippen LogP contribution in [-0.4, -0.2) is 36.5 Å². The molecule has 1 aliphatic rings. The van der Waals surface area contributed by atoms with E-state index < -0.39 is 0 Å². The van der Waals surface area contributed by atoms with Gasteiger partial charge in [0, 0.05) is 24.7 Å². The zero-order valence-corrected chi connectivity index (χ0v) is 12.2. The van der Waals surface area contributed by atoms with Crippen LogP contribution in [-0.2, 0) is 0 Å². The lowest BCUT2D eigenvalue weighted by Gasteiger charge is -2.38. The number of amides is 1. The molecule has 1 aromatic rings. The minimum absolute atomic E-state index is 0.0124. The van der Waals surface area contributed by atoms with Crippen molar-refractivity contribution in [3.05, 3.63) is 35.6 Å². The molecule has 0 saturated carbocycles. The lowest BCUT2D eigenvalue weighted by atomic mass is 9.89. The van der Waals surface area contributed by atoms with Gasteiger partial charge >= 0.3 is 0 Å². The van der Waals surface area contributed by atoms with E-state index in [1.165, 1.54) is 12.1 Å². The van der Waals surface area contributed by atoms with Gasteiger partial charge in [-0.15, -0.1) is 0 Å². The van der Waals surface area contributed by atoms with E-state index in [1.54, 1.807) is 12.1 Å². The van der Waals surface area contributed by atoms with Crippen LogP contribution in [0.5, 0.6) is 0 Å². The Labute approximate surface area is 120 Å². The summed E-state index contributed by atoms with van der Waals surface area (Å²) in [5.41, 5.74) is 0.572. The Kier molecular flexibility index (Phi) is 5.12. The average Bonchev–Trinajstić information content (AvgIpc) is 2.48. The molecule has 1 heterocycles. The van der Waals surface area contributed by atoms with E-state index in [4.69, 9.17) is 0 Å². The summed E-state index contributed by atoms with van der Waals surface area (Å²) in [5.74, 6) is 0.199. The molecular formula is C16H23FN2O. The van der Waals surface area contributed by atoms with Crippen LogP contribution in [0.4, 0.5) is 4.39 Å². The Morgan fingerprint density at radius 2 is 2.05 bits per heavy atom. The maximum Gasteiger partial charge on any atom is 0.253 e. The molecule has 1 saturated heterocycles. The number of rotatable bonds is 4. The molecule has 2 unspecified atom stereocenters. The zero-order valence-electron chi connectivity index (χ0n) is 12.2. The van der Waals surface area contributed by atoms with Gasteiger partial charge in [0.2, 0.25) is 0 Å². The van der Waals surface area contributed by atoms with E-state index in [0.29, 0.717) is 17.5 Å². The van der Waals surface area contributed by atoms with Crippen molar-refractivity contribution in [3.63, 3.8) is 0 Å². The van der Waals surface area contributed by atoms with E-state index in [-0.39, 0.29) is 11.7 Å². The Hall–Kier alpha value is -1.42. The first-order valence-corrected chi connectivity index (χ1v) is 7.44. The maximum atomic E-state index is 12.9. The van der Waals surface area contributed by atoms with E-state index in [9.17, 15) is 9.18 Å². The van der Waals surface area contributed by atoms with Crippen LogP contribution < -0.4 is 5.32 Å². The molecule has 20 heavy (non-hydrogen) atoms. The second-order valence-electron chi connectivity index (χ2n) is 5.38. The Morgan fingerprint density at radius 1 is 1.35 bits per heavy atom. The van der Waals surface area contributed by atoms with Crippen LogP contribution in [0.25, 0.3) is 0 Å². The van der Waals surface area contributed by atoms with E-state index in [1.807, 2.05) is 4.90 Å². The molecule has 4 heteroatoms. The van der Waals surface area contributed by atoms with Crippen LogP contribution in [0.2, 0.25) is 0 Å². The molecule has 1 amide bonds. The van der Waals surface area contributed by atoms with Gasteiger partial charge < -0.3 is 10.2 Å². The fraction of sp³-hybridized carbons (Fsp3) is 0.562. The van der Waals surface area contributed by atoms with Gasteiger partial charge in [0.25, 0.3) is 5.91 Å². The summed E-state index contributed by atoms with van der Waals surface area (Å²) in [6.45, 7) is 6.80. The van der Waals surface area contributed by atoms with Gasteiger partial charge in [0.15, 0.2) is 0 Å². The van der Waals surface area contributed by atoms with Crippen LogP contribution >= 0.6 is 0 Å². The van der Waals surface area contributed by atoms with Gasteiger partial charge in [-0.05, 0) is 43.1 Å². The normalized spacial score (nSPS) is 22.9. The van der Waals surface area contributed by atoms with Crippen LogP contribution in [0.3, 0.4) is 0 Å². The molecule has 2 atom stereocenters. The summed E-state index contributed by atoms with van der Waals surface area (Å²) in [6, 6.07) is 6.32.